The predicted octanol–water partition coefficient (Wildman–Crippen LogP) is 2.61. The number of carbonyl (C=O) groups excluding carboxylic acids is 1. The summed E-state index contributed by atoms with van der Waals surface area (Å²) in [6, 6.07) is 5.43. The number of anilines is 1. The van der Waals surface area contributed by atoms with E-state index in [1.54, 1.807) is 6.07 Å². The first kappa shape index (κ1) is 9.53. The van der Waals surface area contributed by atoms with Gasteiger partial charge >= 0.3 is 0 Å². The Kier molecular flexibility index (Phi) is 2.23. The summed E-state index contributed by atoms with van der Waals surface area (Å²) in [5.74, 6) is 0.295. The highest BCUT2D eigenvalue weighted by molar-refractivity contribution is 6.31. The van der Waals surface area contributed by atoms with Gasteiger partial charge in [-0.3, -0.25) is 4.79 Å². The summed E-state index contributed by atoms with van der Waals surface area (Å²) in [5, 5.41) is 0.679. The first-order valence-corrected chi connectivity index (χ1v) is 5.02. The molecule has 0 radical (unpaired) electrons. The normalized spacial score (nSPS) is 20.9. The molecule has 1 unspecified atom stereocenters. The van der Waals surface area contributed by atoms with Gasteiger partial charge in [0.25, 0.3) is 0 Å². The lowest BCUT2D eigenvalue weighted by Crippen LogP contribution is -2.35. The number of rotatable bonds is 0. The maximum Gasteiger partial charge on any atom is 0.169 e. The van der Waals surface area contributed by atoms with Gasteiger partial charge < -0.3 is 4.90 Å². The van der Waals surface area contributed by atoms with Crippen LogP contribution in [0.25, 0.3) is 0 Å². The molecule has 1 aromatic carbocycles. The molecule has 74 valence electrons. The average molecular weight is 210 g/mol. The van der Waals surface area contributed by atoms with E-state index in [0.717, 1.165) is 17.8 Å². The molecule has 0 fully saturated rings. The molecule has 1 heterocycles. The summed E-state index contributed by atoms with van der Waals surface area (Å²) >= 11 is 5.89. The van der Waals surface area contributed by atoms with Gasteiger partial charge in [0.2, 0.25) is 0 Å². The molecule has 1 aromatic rings. The number of benzene rings is 1. The molecule has 0 saturated carbocycles. The molecule has 0 amide bonds. The van der Waals surface area contributed by atoms with E-state index in [2.05, 4.69) is 4.90 Å². The van der Waals surface area contributed by atoms with Gasteiger partial charge in [-0.05, 0) is 18.2 Å². The molecular formula is C11H12ClNO. The number of hydrogen-bond acceptors (Lipinski definition) is 2. The van der Waals surface area contributed by atoms with Crippen molar-refractivity contribution in [2.45, 2.75) is 6.92 Å². The van der Waals surface area contributed by atoms with Gasteiger partial charge in [0.1, 0.15) is 0 Å². The monoisotopic (exact) mass is 209 g/mol. The lowest BCUT2D eigenvalue weighted by Gasteiger charge is -2.30. The quantitative estimate of drug-likeness (QED) is 0.655. The first-order chi connectivity index (χ1) is 6.59. The Morgan fingerprint density at radius 2 is 2.21 bits per heavy atom. The van der Waals surface area contributed by atoms with E-state index in [4.69, 9.17) is 11.6 Å². The van der Waals surface area contributed by atoms with Gasteiger partial charge in [-0.25, -0.2) is 0 Å². The zero-order chi connectivity index (χ0) is 10.3. The summed E-state index contributed by atoms with van der Waals surface area (Å²) in [6.07, 6.45) is 0. The zero-order valence-electron chi connectivity index (χ0n) is 8.25. The van der Waals surface area contributed by atoms with E-state index < -0.39 is 0 Å². The van der Waals surface area contributed by atoms with Crippen molar-refractivity contribution in [2.24, 2.45) is 5.92 Å². The van der Waals surface area contributed by atoms with Crippen LogP contribution >= 0.6 is 11.6 Å². The number of nitrogens with zero attached hydrogens (tertiary/aromatic N) is 1. The number of ketones is 1. The first-order valence-electron chi connectivity index (χ1n) is 4.64. The summed E-state index contributed by atoms with van der Waals surface area (Å²) in [6.45, 7) is 2.72. The van der Waals surface area contributed by atoms with Gasteiger partial charge in [-0.2, -0.15) is 0 Å². The molecule has 3 heteroatoms. The fourth-order valence-corrected chi connectivity index (χ4v) is 2.05. The van der Waals surface area contributed by atoms with Crippen LogP contribution in [-0.2, 0) is 0 Å². The standard InChI is InChI=1S/C11H12ClNO/c1-7-6-13(2)10-5-8(12)3-4-9(10)11(7)14/h3-5,7H,6H2,1-2H3. The lowest BCUT2D eigenvalue weighted by atomic mass is 9.93. The SMILES string of the molecule is CC1CN(C)c2cc(Cl)ccc2C1=O. The summed E-state index contributed by atoms with van der Waals surface area (Å²) < 4.78 is 0. The minimum absolute atomic E-state index is 0.0775. The highest BCUT2D eigenvalue weighted by Crippen LogP contribution is 2.30. The molecule has 14 heavy (non-hydrogen) atoms. The summed E-state index contributed by atoms with van der Waals surface area (Å²) in [5.41, 5.74) is 1.73. The fraction of sp³-hybridized carbons (Fsp3) is 0.364. The lowest BCUT2D eigenvalue weighted by molar-refractivity contribution is 0.0927. The van der Waals surface area contributed by atoms with Crippen molar-refractivity contribution < 1.29 is 4.79 Å². The smallest absolute Gasteiger partial charge is 0.169 e. The molecule has 0 bridgehead atoms. The maximum absolute atomic E-state index is 11.8. The number of fused-ring (bicyclic) bond motifs is 1. The van der Waals surface area contributed by atoms with Crippen molar-refractivity contribution in [3.05, 3.63) is 28.8 Å². The van der Waals surface area contributed by atoms with Crippen LogP contribution in [-0.4, -0.2) is 19.4 Å². The van der Waals surface area contributed by atoms with Crippen molar-refractivity contribution in [1.82, 2.24) is 0 Å². The Morgan fingerprint density at radius 3 is 2.93 bits per heavy atom. The highest BCUT2D eigenvalue weighted by atomic mass is 35.5. The van der Waals surface area contributed by atoms with Crippen LogP contribution < -0.4 is 4.90 Å². The van der Waals surface area contributed by atoms with E-state index in [0.29, 0.717) is 5.02 Å². The topological polar surface area (TPSA) is 20.3 Å². The van der Waals surface area contributed by atoms with Crippen molar-refractivity contribution in [3.63, 3.8) is 0 Å². The molecular weight excluding hydrogens is 198 g/mol. The molecule has 0 aromatic heterocycles. The van der Waals surface area contributed by atoms with Crippen LogP contribution in [0.5, 0.6) is 0 Å². The fourth-order valence-electron chi connectivity index (χ4n) is 1.89. The van der Waals surface area contributed by atoms with Crippen molar-refractivity contribution in [1.29, 1.82) is 0 Å². The second-order valence-electron chi connectivity index (χ2n) is 3.81. The van der Waals surface area contributed by atoms with E-state index in [9.17, 15) is 4.79 Å². The third-order valence-corrected chi connectivity index (χ3v) is 2.87. The van der Waals surface area contributed by atoms with Crippen molar-refractivity contribution in [3.8, 4) is 0 Å². The molecule has 0 saturated heterocycles. The largest absolute Gasteiger partial charge is 0.373 e. The van der Waals surface area contributed by atoms with E-state index >= 15 is 0 Å². The predicted molar refractivity (Wildman–Crippen MR) is 58.2 cm³/mol. The zero-order valence-corrected chi connectivity index (χ0v) is 9.01. The van der Waals surface area contributed by atoms with Crippen LogP contribution in [0.3, 0.4) is 0 Å². The van der Waals surface area contributed by atoms with E-state index in [1.165, 1.54) is 0 Å². The molecule has 1 atom stereocenters. The third-order valence-electron chi connectivity index (χ3n) is 2.63. The van der Waals surface area contributed by atoms with Gasteiger partial charge in [-0.1, -0.05) is 18.5 Å². The van der Waals surface area contributed by atoms with Crippen LogP contribution in [0.4, 0.5) is 5.69 Å². The third kappa shape index (κ3) is 1.40. The van der Waals surface area contributed by atoms with Gasteiger partial charge in [0.05, 0.1) is 0 Å². The Hall–Kier alpha value is -1.02. The van der Waals surface area contributed by atoms with Crippen molar-refractivity contribution in [2.75, 3.05) is 18.5 Å². The highest BCUT2D eigenvalue weighted by Gasteiger charge is 2.26. The molecule has 0 spiro atoms. The molecule has 1 aliphatic heterocycles. The van der Waals surface area contributed by atoms with Gasteiger partial charge in [-0.15, -0.1) is 0 Å². The molecule has 0 aliphatic carbocycles. The Labute approximate surface area is 88.5 Å². The molecule has 2 nitrogen and oxygen atoms in total. The van der Waals surface area contributed by atoms with Gasteiger partial charge in [0, 0.05) is 35.8 Å². The Morgan fingerprint density at radius 1 is 1.50 bits per heavy atom. The average Bonchev–Trinajstić information content (AvgIpc) is 2.14. The second kappa shape index (κ2) is 3.28. The minimum Gasteiger partial charge on any atom is -0.373 e. The second-order valence-corrected chi connectivity index (χ2v) is 4.24. The van der Waals surface area contributed by atoms with E-state index in [1.807, 2.05) is 26.1 Å². The van der Waals surface area contributed by atoms with Crippen LogP contribution in [0.2, 0.25) is 5.02 Å². The van der Waals surface area contributed by atoms with Crippen LogP contribution in [0.1, 0.15) is 17.3 Å². The van der Waals surface area contributed by atoms with E-state index in [-0.39, 0.29) is 11.7 Å². The maximum atomic E-state index is 11.8. The molecule has 2 rings (SSSR count). The summed E-state index contributed by atoms with van der Waals surface area (Å²) in [4.78, 5) is 13.9. The number of Topliss-reactive ketones (excluding diaryl/α,β-unsaturated/α-hetero) is 1. The summed E-state index contributed by atoms with van der Waals surface area (Å²) in [7, 11) is 1.98. The van der Waals surface area contributed by atoms with Crippen LogP contribution in [0, 0.1) is 5.92 Å². The molecule has 0 N–H and O–H groups in total. The van der Waals surface area contributed by atoms with Crippen molar-refractivity contribution >= 4 is 23.1 Å². The Balaban J connectivity index is 2.56. The minimum atomic E-state index is 0.0775. The van der Waals surface area contributed by atoms with Gasteiger partial charge in [0.15, 0.2) is 5.78 Å². The van der Waals surface area contributed by atoms with Crippen LogP contribution in [0.15, 0.2) is 18.2 Å². The number of carbonyl (C=O) groups is 1. The number of hydrogen-bond donors (Lipinski definition) is 0. The molecule has 1 aliphatic rings. The Bertz CT molecular complexity index is 389. The number of halogens is 1.